The Hall–Kier alpha value is -3.37. The lowest BCUT2D eigenvalue weighted by Gasteiger charge is -2.25. The zero-order valence-corrected chi connectivity index (χ0v) is 13.3. The molecule has 1 amide bonds. The number of aliphatic hydroxyl groups is 1. The molecule has 1 aromatic carbocycles. The summed E-state index contributed by atoms with van der Waals surface area (Å²) in [6, 6.07) is 9.93. The van der Waals surface area contributed by atoms with Crippen molar-refractivity contribution in [2.45, 2.75) is 6.04 Å². The number of carboxylic acids is 1. The highest BCUT2D eigenvalue weighted by atomic mass is 35.5. The minimum Gasteiger partial charge on any atom is -0.503 e. The molecular formula is C17H10ClN3O4. The summed E-state index contributed by atoms with van der Waals surface area (Å²) in [5.41, 5.74) is 0.188. The van der Waals surface area contributed by atoms with Crippen LogP contribution in [0.25, 0.3) is 0 Å². The van der Waals surface area contributed by atoms with E-state index < -0.39 is 29.3 Å². The monoisotopic (exact) mass is 355 g/mol. The van der Waals surface area contributed by atoms with Crippen molar-refractivity contribution < 1.29 is 19.8 Å². The highest BCUT2D eigenvalue weighted by molar-refractivity contribution is 6.30. The fourth-order valence-corrected chi connectivity index (χ4v) is 2.78. The van der Waals surface area contributed by atoms with E-state index in [1.54, 1.807) is 18.2 Å². The molecule has 2 heterocycles. The Kier molecular flexibility index (Phi) is 4.13. The van der Waals surface area contributed by atoms with Crippen LogP contribution in [0.15, 0.2) is 53.9 Å². The molecule has 7 nitrogen and oxygen atoms in total. The summed E-state index contributed by atoms with van der Waals surface area (Å²) in [4.78, 5) is 29.2. The number of hydrogen-bond acceptors (Lipinski definition) is 5. The third-order valence-electron chi connectivity index (χ3n) is 3.73. The van der Waals surface area contributed by atoms with Crippen molar-refractivity contribution >= 4 is 29.3 Å². The van der Waals surface area contributed by atoms with E-state index in [-0.39, 0.29) is 5.82 Å². The van der Waals surface area contributed by atoms with Gasteiger partial charge in [0, 0.05) is 6.20 Å². The second-order valence-electron chi connectivity index (χ2n) is 5.22. The summed E-state index contributed by atoms with van der Waals surface area (Å²) in [5, 5.41) is 28.9. The van der Waals surface area contributed by atoms with Crippen molar-refractivity contribution in [3.05, 3.63) is 70.1 Å². The third-order valence-corrected chi connectivity index (χ3v) is 3.95. The number of anilines is 1. The van der Waals surface area contributed by atoms with Gasteiger partial charge in [-0.15, -0.1) is 0 Å². The number of amides is 1. The molecule has 2 N–H and O–H groups in total. The fourth-order valence-electron chi connectivity index (χ4n) is 2.66. The number of pyridine rings is 1. The number of aliphatic carboxylic acids is 1. The first kappa shape index (κ1) is 16.5. The number of aliphatic hydroxyl groups excluding tert-OH is 1. The van der Waals surface area contributed by atoms with Crippen LogP contribution in [0.4, 0.5) is 5.82 Å². The fraction of sp³-hybridized carbons (Fsp3) is 0.0588. The summed E-state index contributed by atoms with van der Waals surface area (Å²) in [6.07, 6.45) is 1.31. The number of benzene rings is 1. The number of carbonyl (C=O) groups excluding carboxylic acids is 1. The van der Waals surface area contributed by atoms with Gasteiger partial charge < -0.3 is 10.2 Å². The minimum absolute atomic E-state index is 0.129. The molecule has 0 aliphatic carbocycles. The van der Waals surface area contributed by atoms with Gasteiger partial charge in [0.05, 0.1) is 16.7 Å². The molecular weight excluding hydrogens is 346 g/mol. The van der Waals surface area contributed by atoms with Crippen LogP contribution in [-0.2, 0) is 9.59 Å². The number of aromatic nitrogens is 1. The van der Waals surface area contributed by atoms with Gasteiger partial charge in [-0.2, -0.15) is 5.26 Å². The molecule has 0 radical (unpaired) electrons. The standard InChI is InChI=1S/C17H10ClN3O4/c18-11-4-5-12(20-8-11)21-14(10-3-1-2-9(6-10)7-19)13(17(24)25)15(22)16(21)23/h1-6,8,14,22H,(H,24,25). The van der Waals surface area contributed by atoms with E-state index in [0.29, 0.717) is 16.1 Å². The van der Waals surface area contributed by atoms with Gasteiger partial charge in [-0.1, -0.05) is 23.7 Å². The van der Waals surface area contributed by atoms with Crippen molar-refractivity contribution in [2.24, 2.45) is 0 Å². The lowest BCUT2D eigenvalue weighted by atomic mass is 9.98. The smallest absolute Gasteiger partial charge is 0.338 e. The number of carboxylic acid groups (broad SMARTS) is 1. The number of hydrogen-bond donors (Lipinski definition) is 2. The molecule has 0 saturated heterocycles. The van der Waals surface area contributed by atoms with Crippen LogP contribution in [0.3, 0.4) is 0 Å². The Morgan fingerprint density at radius 3 is 2.68 bits per heavy atom. The maximum atomic E-state index is 12.5. The van der Waals surface area contributed by atoms with E-state index in [2.05, 4.69) is 4.98 Å². The quantitative estimate of drug-likeness (QED) is 0.874. The maximum Gasteiger partial charge on any atom is 0.338 e. The molecule has 8 heteroatoms. The normalized spacial score (nSPS) is 16.9. The largest absolute Gasteiger partial charge is 0.503 e. The molecule has 3 rings (SSSR count). The van der Waals surface area contributed by atoms with Gasteiger partial charge in [0.1, 0.15) is 17.4 Å². The number of nitriles is 1. The highest BCUT2D eigenvalue weighted by Gasteiger charge is 2.45. The SMILES string of the molecule is N#Cc1cccc(C2C(C(=O)O)=C(O)C(=O)N2c2ccc(Cl)cn2)c1. The van der Waals surface area contributed by atoms with Gasteiger partial charge in [0.15, 0.2) is 5.76 Å². The first-order chi connectivity index (χ1) is 11.9. The molecule has 1 aromatic heterocycles. The van der Waals surface area contributed by atoms with Gasteiger partial charge in [-0.05, 0) is 29.8 Å². The number of rotatable bonds is 3. The Morgan fingerprint density at radius 1 is 1.32 bits per heavy atom. The Labute approximate surface area is 147 Å². The minimum atomic E-state index is -1.44. The van der Waals surface area contributed by atoms with Crippen molar-refractivity contribution in [2.75, 3.05) is 4.90 Å². The zero-order valence-electron chi connectivity index (χ0n) is 12.5. The molecule has 1 aliphatic rings. The Balaban J connectivity index is 2.19. The van der Waals surface area contributed by atoms with Crippen LogP contribution in [0.2, 0.25) is 5.02 Å². The van der Waals surface area contributed by atoms with Crippen LogP contribution in [-0.4, -0.2) is 27.1 Å². The van der Waals surface area contributed by atoms with Gasteiger partial charge in [-0.3, -0.25) is 9.69 Å². The average Bonchev–Trinajstić information content (AvgIpc) is 2.87. The van der Waals surface area contributed by atoms with Gasteiger partial charge in [0.2, 0.25) is 0 Å². The molecule has 0 bridgehead atoms. The first-order valence-corrected chi connectivity index (χ1v) is 7.43. The number of carbonyl (C=O) groups is 2. The molecule has 2 aromatic rings. The third kappa shape index (κ3) is 2.79. The summed E-state index contributed by atoms with van der Waals surface area (Å²) in [6.45, 7) is 0. The summed E-state index contributed by atoms with van der Waals surface area (Å²) in [5.74, 6) is -3.06. The molecule has 1 atom stereocenters. The van der Waals surface area contributed by atoms with Gasteiger partial charge in [0.25, 0.3) is 5.91 Å². The predicted molar refractivity (Wildman–Crippen MR) is 87.9 cm³/mol. The number of nitrogens with zero attached hydrogens (tertiary/aromatic N) is 3. The molecule has 0 fully saturated rings. The Morgan fingerprint density at radius 2 is 2.08 bits per heavy atom. The summed E-state index contributed by atoms with van der Waals surface area (Å²) in [7, 11) is 0. The topological polar surface area (TPSA) is 115 Å². The number of halogens is 1. The lowest BCUT2D eigenvalue weighted by molar-refractivity contribution is -0.133. The summed E-state index contributed by atoms with van der Waals surface area (Å²) >= 11 is 5.80. The Bertz CT molecular complexity index is 947. The van der Waals surface area contributed by atoms with Crippen LogP contribution < -0.4 is 4.90 Å². The van der Waals surface area contributed by atoms with E-state index >= 15 is 0 Å². The molecule has 1 unspecified atom stereocenters. The molecule has 0 spiro atoms. The molecule has 0 saturated carbocycles. The first-order valence-electron chi connectivity index (χ1n) is 7.05. The predicted octanol–water partition coefficient (Wildman–Crippen LogP) is 2.59. The van der Waals surface area contributed by atoms with Crippen LogP contribution in [0.1, 0.15) is 17.2 Å². The van der Waals surface area contributed by atoms with E-state index in [4.69, 9.17) is 16.9 Å². The van der Waals surface area contributed by atoms with Crippen molar-refractivity contribution in [3.8, 4) is 6.07 Å². The lowest BCUT2D eigenvalue weighted by Crippen LogP contribution is -2.31. The van der Waals surface area contributed by atoms with Crippen molar-refractivity contribution in [1.82, 2.24) is 4.98 Å². The van der Waals surface area contributed by atoms with E-state index in [9.17, 15) is 19.8 Å². The van der Waals surface area contributed by atoms with E-state index in [1.807, 2.05) is 6.07 Å². The van der Waals surface area contributed by atoms with Gasteiger partial charge in [-0.25, -0.2) is 9.78 Å². The van der Waals surface area contributed by atoms with E-state index in [1.165, 1.54) is 24.4 Å². The van der Waals surface area contributed by atoms with E-state index in [0.717, 1.165) is 4.90 Å². The van der Waals surface area contributed by atoms with Crippen LogP contribution in [0.5, 0.6) is 0 Å². The second kappa shape index (κ2) is 6.26. The second-order valence-corrected chi connectivity index (χ2v) is 5.65. The maximum absolute atomic E-state index is 12.5. The molecule has 124 valence electrons. The molecule has 1 aliphatic heterocycles. The van der Waals surface area contributed by atoms with Crippen molar-refractivity contribution in [3.63, 3.8) is 0 Å². The summed E-state index contributed by atoms with van der Waals surface area (Å²) < 4.78 is 0. The van der Waals surface area contributed by atoms with Crippen LogP contribution in [0, 0.1) is 11.3 Å². The molecule has 25 heavy (non-hydrogen) atoms. The van der Waals surface area contributed by atoms with Gasteiger partial charge >= 0.3 is 5.97 Å². The van der Waals surface area contributed by atoms with Crippen LogP contribution >= 0.6 is 11.6 Å². The highest BCUT2D eigenvalue weighted by Crippen LogP contribution is 2.40. The van der Waals surface area contributed by atoms with Crippen molar-refractivity contribution in [1.29, 1.82) is 5.26 Å². The zero-order chi connectivity index (χ0) is 18.1. The average molecular weight is 356 g/mol.